The molecule has 10 heteroatoms. The lowest BCUT2D eigenvalue weighted by Gasteiger charge is -2.49. The van der Waals surface area contributed by atoms with Crippen LogP contribution in [0.4, 0.5) is 0 Å². The van der Waals surface area contributed by atoms with Gasteiger partial charge in [0.1, 0.15) is 22.6 Å². The van der Waals surface area contributed by atoms with E-state index in [0.717, 1.165) is 10.7 Å². The third-order valence-corrected chi connectivity index (χ3v) is 6.35. The molecule has 0 radical (unpaired) electrons. The molecule has 2 N–H and O–H groups in total. The van der Waals surface area contributed by atoms with Gasteiger partial charge in [-0.25, -0.2) is 4.57 Å². The van der Waals surface area contributed by atoms with E-state index in [2.05, 4.69) is 5.10 Å². The lowest BCUT2D eigenvalue weighted by atomic mass is 10.0. The van der Waals surface area contributed by atoms with E-state index in [1.165, 1.54) is 28.4 Å². The average Bonchev–Trinajstić information content (AvgIpc) is 3.00. The van der Waals surface area contributed by atoms with Crippen LogP contribution in [0, 0.1) is 0 Å². The standard InChI is InChI=1S/C16H15N5O3S2/c1-19-5-6-20-11(19)3-2-10(18-20)25-7-4-9-8-26-15-12(17)14(22)21(15)13(9)16(23)24/h2-7,12,15H,8,17H2,1H3/b7-4-/t12-,15-/m1/s1. The lowest BCUT2D eigenvalue weighted by molar-refractivity contribution is -0.644. The monoisotopic (exact) mass is 389 g/mol. The number of carbonyl (C=O) groups is 2. The van der Waals surface area contributed by atoms with Crippen LogP contribution in [-0.2, 0) is 16.6 Å². The summed E-state index contributed by atoms with van der Waals surface area (Å²) in [6.45, 7) is 0. The first-order valence-electron chi connectivity index (χ1n) is 7.79. The van der Waals surface area contributed by atoms with Gasteiger partial charge in [-0.2, -0.15) is 0 Å². The molecule has 0 saturated carbocycles. The lowest BCUT2D eigenvalue weighted by Crippen LogP contribution is -2.69. The van der Waals surface area contributed by atoms with Gasteiger partial charge < -0.3 is 15.6 Å². The summed E-state index contributed by atoms with van der Waals surface area (Å²) in [6, 6.07) is 3.20. The Labute approximate surface area is 157 Å². The van der Waals surface area contributed by atoms with Crippen LogP contribution >= 0.6 is 23.5 Å². The highest BCUT2D eigenvalue weighted by atomic mass is 32.2. The zero-order valence-corrected chi connectivity index (χ0v) is 15.4. The van der Waals surface area contributed by atoms with Gasteiger partial charge in [-0.15, -0.1) is 16.3 Å². The van der Waals surface area contributed by atoms with Gasteiger partial charge in [-0.05, 0) is 23.1 Å². The third-order valence-electron chi connectivity index (χ3n) is 4.30. The number of aryl methyl sites for hydroxylation is 1. The smallest absolute Gasteiger partial charge is 0.306 e. The zero-order valence-electron chi connectivity index (χ0n) is 13.7. The van der Waals surface area contributed by atoms with Crippen molar-refractivity contribution in [1.29, 1.82) is 0 Å². The van der Waals surface area contributed by atoms with Crippen molar-refractivity contribution in [3.63, 3.8) is 0 Å². The second-order valence-electron chi connectivity index (χ2n) is 5.90. The first kappa shape index (κ1) is 17.1. The molecule has 26 heavy (non-hydrogen) atoms. The van der Waals surface area contributed by atoms with Gasteiger partial charge >= 0.3 is 5.65 Å². The molecule has 2 atom stereocenters. The highest BCUT2D eigenvalue weighted by Crippen LogP contribution is 2.39. The van der Waals surface area contributed by atoms with Gasteiger partial charge in [0.2, 0.25) is 5.91 Å². The van der Waals surface area contributed by atoms with Gasteiger partial charge in [-0.3, -0.25) is 9.69 Å². The number of hydrogen-bond donors (Lipinski definition) is 1. The maximum atomic E-state index is 11.9. The molecule has 0 aromatic carbocycles. The van der Waals surface area contributed by atoms with E-state index in [1.54, 1.807) is 16.0 Å². The number of rotatable bonds is 4. The van der Waals surface area contributed by atoms with Crippen molar-refractivity contribution in [2.45, 2.75) is 16.4 Å². The van der Waals surface area contributed by atoms with Gasteiger partial charge in [0.05, 0.1) is 18.7 Å². The number of β-lactam (4-membered cyclic amide) rings is 1. The summed E-state index contributed by atoms with van der Waals surface area (Å²) in [5, 5.41) is 18.2. The van der Waals surface area contributed by atoms with Crippen molar-refractivity contribution in [1.82, 2.24) is 14.5 Å². The number of allylic oxidation sites excluding steroid dienone is 1. The molecular formula is C16H15N5O3S2. The highest BCUT2D eigenvalue weighted by molar-refractivity contribution is 8.02. The SMILES string of the molecule is C[n+]1ccn2nc(S/C=C\C3=C(C(=O)[O-])N4C(=O)[C@@H](N)[C@H]4SC3)ccc21. The molecule has 0 unspecified atom stereocenters. The average molecular weight is 389 g/mol. The molecule has 4 rings (SSSR count). The largest absolute Gasteiger partial charge is 0.543 e. The Morgan fingerprint density at radius 1 is 1.54 bits per heavy atom. The quantitative estimate of drug-likeness (QED) is 0.406. The Bertz CT molecular complexity index is 983. The fourth-order valence-corrected chi connectivity index (χ4v) is 4.87. The third kappa shape index (κ3) is 2.70. The van der Waals surface area contributed by atoms with Crippen LogP contribution in [0.1, 0.15) is 0 Å². The van der Waals surface area contributed by atoms with Crippen LogP contribution in [0.3, 0.4) is 0 Å². The molecule has 0 aliphatic carbocycles. The fourth-order valence-electron chi connectivity index (χ4n) is 2.95. The maximum Gasteiger partial charge on any atom is 0.306 e. The van der Waals surface area contributed by atoms with E-state index in [9.17, 15) is 14.7 Å². The number of aromatic nitrogens is 3. The van der Waals surface area contributed by atoms with Crippen LogP contribution < -0.4 is 15.4 Å². The Kier molecular flexibility index (Phi) is 4.25. The van der Waals surface area contributed by atoms with Crippen LogP contribution in [0.5, 0.6) is 0 Å². The minimum absolute atomic E-state index is 0.0851. The minimum atomic E-state index is -1.36. The maximum absolute atomic E-state index is 11.9. The van der Waals surface area contributed by atoms with E-state index in [0.29, 0.717) is 11.3 Å². The van der Waals surface area contributed by atoms with Gasteiger partial charge in [0.15, 0.2) is 6.20 Å². The predicted molar refractivity (Wildman–Crippen MR) is 94.5 cm³/mol. The van der Waals surface area contributed by atoms with Crippen LogP contribution in [0.2, 0.25) is 0 Å². The summed E-state index contributed by atoms with van der Waals surface area (Å²) in [5.74, 6) is -1.28. The number of aliphatic carboxylic acids is 1. The summed E-state index contributed by atoms with van der Waals surface area (Å²) in [6.07, 6.45) is 5.46. The molecule has 0 spiro atoms. The van der Waals surface area contributed by atoms with Crippen LogP contribution in [-0.4, -0.2) is 43.6 Å². The zero-order chi connectivity index (χ0) is 18.4. The van der Waals surface area contributed by atoms with Gasteiger partial charge in [0.25, 0.3) is 0 Å². The molecule has 1 saturated heterocycles. The summed E-state index contributed by atoms with van der Waals surface area (Å²) in [5.41, 5.74) is 7.14. The number of nitrogens with two attached hydrogens (primary N) is 1. The number of nitrogens with zero attached hydrogens (tertiary/aromatic N) is 4. The van der Waals surface area contributed by atoms with Gasteiger partial charge in [0, 0.05) is 11.8 Å². The van der Waals surface area contributed by atoms with E-state index < -0.39 is 12.0 Å². The van der Waals surface area contributed by atoms with Gasteiger partial charge in [-0.1, -0.05) is 16.9 Å². The molecule has 2 aromatic rings. The van der Waals surface area contributed by atoms with Crippen molar-refractivity contribution < 1.29 is 19.3 Å². The topological polar surface area (TPSA) is 108 Å². The van der Waals surface area contributed by atoms with Crippen molar-refractivity contribution in [3.8, 4) is 0 Å². The van der Waals surface area contributed by atoms with E-state index in [-0.39, 0.29) is 17.0 Å². The molecular weight excluding hydrogens is 374 g/mol. The van der Waals surface area contributed by atoms with E-state index in [1.807, 2.05) is 36.1 Å². The number of imidazole rings is 1. The number of amides is 1. The summed E-state index contributed by atoms with van der Waals surface area (Å²) >= 11 is 2.82. The fraction of sp³-hybridized carbons (Fsp3) is 0.250. The number of thioether (sulfide) groups is 2. The van der Waals surface area contributed by atoms with Crippen molar-refractivity contribution in [3.05, 3.63) is 47.3 Å². The summed E-state index contributed by atoms with van der Waals surface area (Å²) in [7, 11) is 1.94. The molecule has 2 aromatic heterocycles. The Hall–Kier alpha value is -2.30. The number of hydrogen-bond acceptors (Lipinski definition) is 7. The Morgan fingerprint density at radius 2 is 2.35 bits per heavy atom. The number of carboxylic acids is 1. The molecule has 2 aliphatic heterocycles. The van der Waals surface area contributed by atoms with Crippen molar-refractivity contribution in [2.75, 3.05) is 5.75 Å². The number of carboxylic acid groups (broad SMARTS) is 1. The van der Waals surface area contributed by atoms with Crippen molar-refractivity contribution >= 4 is 41.0 Å². The molecule has 4 heterocycles. The Morgan fingerprint density at radius 3 is 3.12 bits per heavy atom. The summed E-state index contributed by atoms with van der Waals surface area (Å²) < 4.78 is 3.72. The molecule has 134 valence electrons. The summed E-state index contributed by atoms with van der Waals surface area (Å²) in [4.78, 5) is 24.6. The molecule has 8 nitrogen and oxygen atoms in total. The van der Waals surface area contributed by atoms with Crippen LogP contribution in [0.25, 0.3) is 5.65 Å². The normalized spacial score (nSPS) is 22.8. The van der Waals surface area contributed by atoms with Crippen LogP contribution in [0.15, 0.2) is 52.3 Å². The van der Waals surface area contributed by atoms with E-state index >= 15 is 0 Å². The first-order chi connectivity index (χ1) is 12.5. The molecule has 1 fully saturated rings. The molecule has 2 aliphatic rings. The number of carbonyl (C=O) groups excluding carboxylic acids is 2. The highest BCUT2D eigenvalue weighted by Gasteiger charge is 2.49. The van der Waals surface area contributed by atoms with Crippen molar-refractivity contribution in [2.24, 2.45) is 12.8 Å². The number of fused-ring (bicyclic) bond motifs is 2. The second-order valence-corrected chi connectivity index (χ2v) is 7.93. The Balaban J connectivity index is 1.56. The second kappa shape index (κ2) is 6.45. The first-order valence-corrected chi connectivity index (χ1v) is 9.72. The predicted octanol–water partition coefficient (Wildman–Crippen LogP) is -0.989. The minimum Gasteiger partial charge on any atom is -0.543 e. The molecule has 1 amide bonds. The van der Waals surface area contributed by atoms with E-state index in [4.69, 9.17) is 5.73 Å². The molecule has 0 bridgehead atoms.